The molecule has 0 radical (unpaired) electrons. The highest BCUT2D eigenvalue weighted by Gasteiger charge is 2.19. The van der Waals surface area contributed by atoms with Gasteiger partial charge in [0.1, 0.15) is 5.82 Å². The number of rotatable bonds is 7. The number of ether oxygens (including phenoxy) is 2. The van der Waals surface area contributed by atoms with E-state index < -0.39 is 0 Å². The predicted molar refractivity (Wildman–Crippen MR) is 128 cm³/mol. The monoisotopic (exact) mass is 446 g/mol. The summed E-state index contributed by atoms with van der Waals surface area (Å²) in [5, 5.41) is 2.78. The zero-order valence-corrected chi connectivity index (χ0v) is 18.6. The molecule has 2 aromatic heterocycles. The maximum atomic E-state index is 12.3. The van der Waals surface area contributed by atoms with Crippen molar-refractivity contribution in [3.05, 3.63) is 66.6 Å². The van der Waals surface area contributed by atoms with E-state index in [1.54, 1.807) is 51.0 Å². The fourth-order valence-electron chi connectivity index (χ4n) is 3.54. The van der Waals surface area contributed by atoms with Crippen molar-refractivity contribution in [2.45, 2.75) is 0 Å². The lowest BCUT2D eigenvalue weighted by Crippen LogP contribution is -2.47. The van der Waals surface area contributed by atoms with Crippen molar-refractivity contribution in [2.24, 2.45) is 0 Å². The third-order valence-electron chi connectivity index (χ3n) is 5.28. The van der Waals surface area contributed by atoms with Crippen LogP contribution in [0.4, 0.5) is 17.5 Å². The molecule has 0 aliphatic carbocycles. The highest BCUT2D eigenvalue weighted by Crippen LogP contribution is 2.28. The lowest BCUT2D eigenvalue weighted by Gasteiger charge is -2.35. The van der Waals surface area contributed by atoms with Gasteiger partial charge < -0.3 is 24.6 Å². The molecule has 4 rings (SSSR count). The van der Waals surface area contributed by atoms with Crippen LogP contribution in [-0.2, 0) is 4.79 Å². The molecular weight excluding hydrogens is 420 g/mol. The van der Waals surface area contributed by atoms with Crippen molar-refractivity contribution in [3.8, 4) is 11.5 Å². The first-order chi connectivity index (χ1) is 16.2. The van der Waals surface area contributed by atoms with Crippen molar-refractivity contribution >= 4 is 29.4 Å². The lowest BCUT2D eigenvalue weighted by molar-refractivity contribution is -0.111. The van der Waals surface area contributed by atoms with E-state index in [0.717, 1.165) is 37.6 Å². The van der Waals surface area contributed by atoms with Gasteiger partial charge >= 0.3 is 0 Å². The lowest BCUT2D eigenvalue weighted by atomic mass is 10.2. The number of piperazine rings is 1. The van der Waals surface area contributed by atoms with E-state index in [4.69, 9.17) is 9.47 Å². The zero-order valence-electron chi connectivity index (χ0n) is 18.6. The first kappa shape index (κ1) is 22.1. The van der Waals surface area contributed by atoms with Crippen LogP contribution in [0.25, 0.3) is 6.08 Å². The molecule has 1 amide bonds. The molecule has 3 heterocycles. The maximum absolute atomic E-state index is 12.3. The minimum absolute atomic E-state index is 0.273. The summed E-state index contributed by atoms with van der Waals surface area (Å²) in [7, 11) is 3.15. The van der Waals surface area contributed by atoms with Crippen molar-refractivity contribution in [2.75, 3.05) is 55.5 Å². The number of anilines is 3. The van der Waals surface area contributed by atoms with E-state index in [9.17, 15) is 4.79 Å². The number of pyridine rings is 1. The van der Waals surface area contributed by atoms with E-state index >= 15 is 0 Å². The summed E-state index contributed by atoms with van der Waals surface area (Å²) >= 11 is 0. The summed E-state index contributed by atoms with van der Waals surface area (Å²) in [4.78, 5) is 29.9. The van der Waals surface area contributed by atoms with Gasteiger partial charge in [-0.2, -0.15) is 0 Å². The van der Waals surface area contributed by atoms with Gasteiger partial charge in [0, 0.05) is 38.5 Å². The Labute approximate surface area is 192 Å². The van der Waals surface area contributed by atoms with Crippen molar-refractivity contribution < 1.29 is 14.3 Å². The van der Waals surface area contributed by atoms with E-state index in [0.29, 0.717) is 23.1 Å². The summed E-state index contributed by atoms with van der Waals surface area (Å²) in [6.45, 7) is 3.30. The Bertz CT molecular complexity index is 1100. The first-order valence-corrected chi connectivity index (χ1v) is 10.6. The molecule has 0 saturated carbocycles. The summed E-state index contributed by atoms with van der Waals surface area (Å²) < 4.78 is 10.5. The SMILES string of the molecule is COc1ccc(C=CC(=O)Nc2cnc(N3CCN(c4ccccn4)CC3)nc2)cc1OC. The van der Waals surface area contributed by atoms with Gasteiger partial charge in [-0.1, -0.05) is 12.1 Å². The van der Waals surface area contributed by atoms with Crippen LogP contribution in [0, 0.1) is 0 Å². The van der Waals surface area contributed by atoms with E-state index in [2.05, 4.69) is 30.1 Å². The zero-order chi connectivity index (χ0) is 23.0. The molecule has 1 aliphatic heterocycles. The molecule has 3 aromatic rings. The highest BCUT2D eigenvalue weighted by molar-refractivity contribution is 6.01. The average Bonchev–Trinajstić information content (AvgIpc) is 2.88. The molecule has 1 N–H and O–H groups in total. The molecule has 33 heavy (non-hydrogen) atoms. The average molecular weight is 447 g/mol. The molecule has 0 atom stereocenters. The molecule has 0 spiro atoms. The minimum Gasteiger partial charge on any atom is -0.493 e. The fraction of sp³-hybridized carbons (Fsp3) is 0.250. The highest BCUT2D eigenvalue weighted by atomic mass is 16.5. The largest absolute Gasteiger partial charge is 0.493 e. The quantitative estimate of drug-likeness (QED) is 0.554. The van der Waals surface area contributed by atoms with E-state index in [1.807, 2.05) is 24.3 Å². The fourth-order valence-corrected chi connectivity index (χ4v) is 3.54. The van der Waals surface area contributed by atoms with Crippen LogP contribution in [-0.4, -0.2) is 61.3 Å². The molecule has 9 nitrogen and oxygen atoms in total. The number of nitrogens with one attached hydrogen (secondary N) is 1. The summed E-state index contributed by atoms with van der Waals surface area (Å²) in [6, 6.07) is 11.4. The van der Waals surface area contributed by atoms with Crippen LogP contribution in [0.2, 0.25) is 0 Å². The van der Waals surface area contributed by atoms with Gasteiger partial charge in [-0.05, 0) is 35.9 Å². The van der Waals surface area contributed by atoms with Gasteiger partial charge in [0.2, 0.25) is 11.9 Å². The van der Waals surface area contributed by atoms with Gasteiger partial charge in [-0.15, -0.1) is 0 Å². The number of carbonyl (C=O) groups excluding carboxylic acids is 1. The Balaban J connectivity index is 1.30. The number of amides is 1. The van der Waals surface area contributed by atoms with Crippen LogP contribution >= 0.6 is 0 Å². The predicted octanol–water partition coefficient (Wildman–Crippen LogP) is 2.87. The van der Waals surface area contributed by atoms with Crippen LogP contribution < -0.4 is 24.6 Å². The first-order valence-electron chi connectivity index (χ1n) is 10.6. The minimum atomic E-state index is -0.273. The molecular formula is C24H26N6O3. The Morgan fingerprint density at radius 2 is 1.67 bits per heavy atom. The summed E-state index contributed by atoms with van der Waals surface area (Å²) in [6.07, 6.45) is 8.20. The molecule has 1 fully saturated rings. The molecule has 1 aliphatic rings. The Morgan fingerprint density at radius 3 is 2.33 bits per heavy atom. The van der Waals surface area contributed by atoms with Crippen LogP contribution in [0.5, 0.6) is 11.5 Å². The normalized spacial score (nSPS) is 13.8. The second-order valence-corrected chi connectivity index (χ2v) is 7.37. The Kier molecular flexibility index (Phi) is 6.99. The third kappa shape index (κ3) is 5.57. The maximum Gasteiger partial charge on any atom is 0.248 e. The molecule has 1 aromatic carbocycles. The van der Waals surface area contributed by atoms with Crippen molar-refractivity contribution in [1.82, 2.24) is 15.0 Å². The number of benzene rings is 1. The smallest absolute Gasteiger partial charge is 0.248 e. The number of aromatic nitrogens is 3. The standard InChI is InChI=1S/C24H26N6O3/c1-32-20-8-6-18(15-21(20)33-2)7-9-23(31)28-19-16-26-24(27-17-19)30-13-11-29(12-14-30)22-5-3-4-10-25-22/h3-10,15-17H,11-14H2,1-2H3,(H,28,31). The van der Waals surface area contributed by atoms with Gasteiger partial charge in [-0.25, -0.2) is 15.0 Å². The van der Waals surface area contributed by atoms with E-state index in [-0.39, 0.29) is 5.91 Å². The number of carbonyl (C=O) groups is 1. The molecule has 1 saturated heterocycles. The summed E-state index contributed by atoms with van der Waals surface area (Å²) in [5.41, 5.74) is 1.35. The second-order valence-electron chi connectivity index (χ2n) is 7.37. The number of nitrogens with zero attached hydrogens (tertiary/aromatic N) is 5. The summed E-state index contributed by atoms with van der Waals surface area (Å²) in [5.74, 6) is 2.59. The van der Waals surface area contributed by atoms with Crippen molar-refractivity contribution in [1.29, 1.82) is 0 Å². The Hall–Kier alpha value is -4.14. The van der Waals surface area contributed by atoms with E-state index in [1.165, 1.54) is 6.08 Å². The van der Waals surface area contributed by atoms with Gasteiger partial charge in [0.05, 0.1) is 32.3 Å². The third-order valence-corrected chi connectivity index (χ3v) is 5.28. The van der Waals surface area contributed by atoms with Crippen LogP contribution in [0.3, 0.4) is 0 Å². The van der Waals surface area contributed by atoms with Crippen molar-refractivity contribution in [3.63, 3.8) is 0 Å². The molecule has 170 valence electrons. The number of hydrogen-bond acceptors (Lipinski definition) is 8. The Morgan fingerprint density at radius 1 is 0.939 bits per heavy atom. The molecule has 9 heteroatoms. The number of methoxy groups -OCH3 is 2. The molecule has 0 unspecified atom stereocenters. The van der Waals surface area contributed by atoms with Crippen LogP contribution in [0.15, 0.2) is 61.1 Å². The van der Waals surface area contributed by atoms with Gasteiger partial charge in [-0.3, -0.25) is 4.79 Å². The second kappa shape index (κ2) is 10.4. The number of hydrogen-bond donors (Lipinski definition) is 1. The van der Waals surface area contributed by atoms with Gasteiger partial charge in [0.25, 0.3) is 0 Å². The topological polar surface area (TPSA) is 92.7 Å². The van der Waals surface area contributed by atoms with Gasteiger partial charge in [0.15, 0.2) is 11.5 Å². The molecule has 0 bridgehead atoms. The van der Waals surface area contributed by atoms with Crippen LogP contribution in [0.1, 0.15) is 5.56 Å².